The van der Waals surface area contributed by atoms with E-state index in [1.54, 1.807) is 0 Å². The number of ether oxygens (including phenoxy) is 1. The first-order chi connectivity index (χ1) is 13.3. The third-order valence-corrected chi connectivity index (χ3v) is 6.71. The lowest BCUT2D eigenvalue weighted by molar-refractivity contribution is -0.121. The molecule has 2 rings (SSSR count). The number of aliphatic hydroxyl groups excluding tert-OH is 3. The van der Waals surface area contributed by atoms with Crippen molar-refractivity contribution in [2.75, 3.05) is 6.61 Å². The number of fused-ring (bicyclic) bond motifs is 1. The van der Waals surface area contributed by atoms with E-state index in [4.69, 9.17) is 9.84 Å². The van der Waals surface area contributed by atoms with Crippen LogP contribution in [-0.4, -0.2) is 52.1 Å². The van der Waals surface area contributed by atoms with Crippen LogP contribution in [0.5, 0.6) is 0 Å². The number of carbonyl (C=O) groups is 1. The Labute approximate surface area is 170 Å². The third kappa shape index (κ3) is 6.38. The first kappa shape index (κ1) is 23.5. The van der Waals surface area contributed by atoms with Crippen molar-refractivity contribution in [3.8, 4) is 0 Å². The monoisotopic (exact) mass is 396 g/mol. The number of aliphatic hydroxyl groups is 3. The molecular formula is C23H40O5. The van der Waals surface area contributed by atoms with Gasteiger partial charge in [-0.3, -0.25) is 4.79 Å². The van der Waals surface area contributed by atoms with Gasteiger partial charge in [-0.25, -0.2) is 0 Å². The molecule has 5 nitrogen and oxygen atoms in total. The highest BCUT2D eigenvalue weighted by atomic mass is 16.5. The molecule has 1 saturated heterocycles. The predicted molar refractivity (Wildman–Crippen MR) is 110 cm³/mol. The maximum absolute atomic E-state index is 11.2. The minimum atomic E-state index is -0.368. The van der Waals surface area contributed by atoms with Crippen molar-refractivity contribution in [2.45, 2.75) is 103 Å². The molecule has 1 saturated carbocycles. The van der Waals surface area contributed by atoms with Crippen LogP contribution in [0, 0.1) is 17.3 Å². The van der Waals surface area contributed by atoms with Crippen molar-refractivity contribution in [2.24, 2.45) is 17.3 Å². The summed E-state index contributed by atoms with van der Waals surface area (Å²) in [7, 11) is 0. The maximum atomic E-state index is 11.2. The third-order valence-electron chi connectivity index (χ3n) is 6.71. The lowest BCUT2D eigenvalue weighted by atomic mass is 9.80. The Morgan fingerprint density at radius 3 is 2.71 bits per heavy atom. The average molecular weight is 397 g/mol. The van der Waals surface area contributed by atoms with E-state index >= 15 is 0 Å². The van der Waals surface area contributed by atoms with Gasteiger partial charge in [0.05, 0.1) is 24.4 Å². The van der Waals surface area contributed by atoms with Gasteiger partial charge in [0.1, 0.15) is 6.61 Å². The van der Waals surface area contributed by atoms with Gasteiger partial charge in [-0.1, -0.05) is 45.8 Å². The summed E-state index contributed by atoms with van der Waals surface area (Å²) in [5.41, 5.74) is -0.0884. The molecule has 0 spiro atoms. The van der Waals surface area contributed by atoms with E-state index in [0.717, 1.165) is 38.5 Å². The molecule has 0 radical (unpaired) electrons. The van der Waals surface area contributed by atoms with Gasteiger partial charge < -0.3 is 20.1 Å². The molecule has 1 aliphatic heterocycles. The van der Waals surface area contributed by atoms with Crippen LogP contribution in [0.2, 0.25) is 0 Å². The first-order valence-corrected chi connectivity index (χ1v) is 11.1. The molecule has 28 heavy (non-hydrogen) atoms. The second kappa shape index (κ2) is 10.9. The van der Waals surface area contributed by atoms with Crippen molar-refractivity contribution < 1.29 is 24.9 Å². The molecule has 0 aromatic rings. The van der Waals surface area contributed by atoms with E-state index in [-0.39, 0.29) is 48.1 Å². The molecule has 3 N–H and O–H groups in total. The van der Waals surface area contributed by atoms with E-state index in [0.29, 0.717) is 25.2 Å². The summed E-state index contributed by atoms with van der Waals surface area (Å²) in [6.07, 6.45) is 11.2. The van der Waals surface area contributed by atoms with Crippen LogP contribution in [0.3, 0.4) is 0 Å². The van der Waals surface area contributed by atoms with Gasteiger partial charge in [-0.15, -0.1) is 0 Å². The SMILES string of the molecule is CCCC(C)(C)C(O)C/C=C/[C@@H]1[C@H]2CC(CCCCC(=O)CO)O[C@H]2C[C@H]1O. The van der Waals surface area contributed by atoms with Gasteiger partial charge >= 0.3 is 0 Å². The Bertz CT molecular complexity index is 515. The quantitative estimate of drug-likeness (QED) is 0.348. The van der Waals surface area contributed by atoms with Crippen molar-refractivity contribution >= 4 is 5.78 Å². The van der Waals surface area contributed by atoms with Crippen LogP contribution >= 0.6 is 0 Å². The fourth-order valence-electron chi connectivity index (χ4n) is 4.90. The first-order valence-electron chi connectivity index (χ1n) is 11.1. The minimum Gasteiger partial charge on any atom is -0.392 e. The second-order valence-electron chi connectivity index (χ2n) is 9.44. The predicted octanol–water partition coefficient (Wildman–Crippen LogP) is 3.40. The normalized spacial score (nSPS) is 31.4. The molecule has 0 amide bonds. The van der Waals surface area contributed by atoms with Crippen LogP contribution in [0.25, 0.3) is 0 Å². The van der Waals surface area contributed by atoms with E-state index in [1.807, 2.05) is 6.08 Å². The molecular weight excluding hydrogens is 356 g/mol. The smallest absolute Gasteiger partial charge is 0.158 e. The molecule has 2 aliphatic rings. The zero-order chi connectivity index (χ0) is 20.7. The maximum Gasteiger partial charge on any atom is 0.158 e. The fraction of sp³-hybridized carbons (Fsp3) is 0.870. The van der Waals surface area contributed by atoms with Gasteiger partial charge in [0.2, 0.25) is 0 Å². The van der Waals surface area contributed by atoms with E-state index in [1.165, 1.54) is 0 Å². The highest BCUT2D eigenvalue weighted by molar-refractivity contribution is 5.79. The molecule has 1 aliphatic carbocycles. The summed E-state index contributed by atoms with van der Waals surface area (Å²) in [6, 6.07) is 0. The standard InChI is InChI=1S/C23H40O5/c1-4-12-23(2,3)22(27)11-7-10-18-19-13-17(28-21(19)14-20(18)26)9-6-5-8-16(25)15-24/h7,10,17-22,24,26-27H,4-6,8-9,11-15H2,1-3H3/b10-7+/t17?,18-,19-,20-,21+,22?/m1/s1. The lowest BCUT2D eigenvalue weighted by Gasteiger charge is -2.29. The lowest BCUT2D eigenvalue weighted by Crippen LogP contribution is -2.28. The summed E-state index contributed by atoms with van der Waals surface area (Å²) in [5.74, 6) is 0.352. The number of hydrogen-bond donors (Lipinski definition) is 3. The van der Waals surface area contributed by atoms with E-state index < -0.39 is 0 Å². The topological polar surface area (TPSA) is 87.0 Å². The van der Waals surface area contributed by atoms with Gasteiger partial charge in [0.25, 0.3) is 0 Å². The molecule has 162 valence electrons. The molecule has 2 fully saturated rings. The molecule has 6 atom stereocenters. The van der Waals surface area contributed by atoms with Gasteiger partial charge in [-0.2, -0.15) is 0 Å². The average Bonchev–Trinajstić information content (AvgIpc) is 3.15. The summed E-state index contributed by atoms with van der Waals surface area (Å²) >= 11 is 0. The number of hydrogen-bond acceptors (Lipinski definition) is 5. The van der Waals surface area contributed by atoms with Gasteiger partial charge in [-0.05, 0) is 43.4 Å². The fourth-order valence-corrected chi connectivity index (χ4v) is 4.90. The van der Waals surface area contributed by atoms with Crippen LogP contribution in [0.15, 0.2) is 12.2 Å². The molecule has 2 unspecified atom stereocenters. The van der Waals surface area contributed by atoms with E-state index in [2.05, 4.69) is 26.8 Å². The Hall–Kier alpha value is -0.750. The van der Waals surface area contributed by atoms with E-state index in [9.17, 15) is 15.0 Å². The second-order valence-corrected chi connectivity index (χ2v) is 9.44. The van der Waals surface area contributed by atoms with Crippen LogP contribution in [-0.2, 0) is 9.53 Å². The Morgan fingerprint density at radius 1 is 1.29 bits per heavy atom. The van der Waals surface area contributed by atoms with Crippen LogP contribution in [0.1, 0.15) is 78.6 Å². The molecule has 0 aromatic carbocycles. The summed E-state index contributed by atoms with van der Waals surface area (Å²) in [5, 5.41) is 29.7. The Balaban J connectivity index is 1.79. The van der Waals surface area contributed by atoms with Gasteiger partial charge in [0.15, 0.2) is 5.78 Å². The van der Waals surface area contributed by atoms with Crippen molar-refractivity contribution in [1.29, 1.82) is 0 Å². The summed E-state index contributed by atoms with van der Waals surface area (Å²) < 4.78 is 6.16. The van der Waals surface area contributed by atoms with Crippen molar-refractivity contribution in [3.63, 3.8) is 0 Å². The summed E-state index contributed by atoms with van der Waals surface area (Å²) in [4.78, 5) is 11.2. The molecule has 1 heterocycles. The highest BCUT2D eigenvalue weighted by Crippen LogP contribution is 2.45. The minimum absolute atomic E-state index is 0.0884. The zero-order valence-corrected chi connectivity index (χ0v) is 17.8. The number of rotatable bonds is 12. The number of carbonyl (C=O) groups excluding carboxylic acids is 1. The van der Waals surface area contributed by atoms with Crippen LogP contribution in [0.4, 0.5) is 0 Å². The Kier molecular flexibility index (Phi) is 9.13. The molecule has 0 aromatic heterocycles. The Morgan fingerprint density at radius 2 is 2.04 bits per heavy atom. The molecule has 0 bridgehead atoms. The zero-order valence-electron chi connectivity index (χ0n) is 17.8. The number of unbranched alkanes of at least 4 members (excludes halogenated alkanes) is 1. The highest BCUT2D eigenvalue weighted by Gasteiger charge is 2.47. The summed E-state index contributed by atoms with van der Waals surface area (Å²) in [6.45, 7) is 6.00. The van der Waals surface area contributed by atoms with Crippen molar-refractivity contribution in [3.05, 3.63) is 12.2 Å². The van der Waals surface area contributed by atoms with Gasteiger partial charge in [0, 0.05) is 18.8 Å². The van der Waals surface area contributed by atoms with Crippen molar-refractivity contribution in [1.82, 2.24) is 0 Å². The van der Waals surface area contributed by atoms with Crippen LogP contribution < -0.4 is 0 Å². The molecule has 5 heteroatoms. The number of Topliss-reactive ketones (excluding diaryl/α,β-unsaturated/α-hetero) is 1. The largest absolute Gasteiger partial charge is 0.392 e. The number of ketones is 1.